The van der Waals surface area contributed by atoms with E-state index in [0.717, 1.165) is 25.7 Å². The van der Waals surface area contributed by atoms with Crippen molar-refractivity contribution in [2.75, 3.05) is 6.61 Å². The van der Waals surface area contributed by atoms with Crippen molar-refractivity contribution < 1.29 is 27.1 Å². The molecular weight excluding hydrogens is 276 g/mol. The first-order chi connectivity index (χ1) is 9.29. The van der Waals surface area contributed by atoms with Gasteiger partial charge < -0.3 is 4.74 Å². The van der Waals surface area contributed by atoms with Crippen LogP contribution in [-0.4, -0.2) is 24.4 Å². The molecule has 0 saturated heterocycles. The van der Waals surface area contributed by atoms with E-state index in [1.807, 2.05) is 13.8 Å². The number of unbranched alkanes of at least 4 members (excludes halogenated alkanes) is 5. The number of alkyl halides is 4. The number of hydrogen-bond acceptors (Lipinski definition) is 2. The van der Waals surface area contributed by atoms with Crippen LogP contribution in [0, 0.1) is 0 Å². The average molecular weight is 300 g/mol. The van der Waals surface area contributed by atoms with Crippen molar-refractivity contribution in [3.63, 3.8) is 0 Å². The Hall–Kier alpha value is -0.810. The molecule has 20 heavy (non-hydrogen) atoms. The normalized spacial score (nSPS) is 14.9. The van der Waals surface area contributed by atoms with Crippen LogP contribution in [0.1, 0.15) is 65.2 Å². The van der Waals surface area contributed by atoms with E-state index < -0.39 is 24.2 Å². The summed E-state index contributed by atoms with van der Waals surface area (Å²) in [6.07, 6.45) is -2.01. The van der Waals surface area contributed by atoms with Gasteiger partial charge in [0.1, 0.15) is 0 Å². The maximum atomic E-state index is 14.0. The molecule has 0 saturated carbocycles. The maximum Gasteiger partial charge on any atom is 0.433 e. The van der Waals surface area contributed by atoms with E-state index in [1.165, 1.54) is 0 Å². The molecule has 1 atom stereocenters. The molecule has 0 amide bonds. The van der Waals surface area contributed by atoms with E-state index in [9.17, 15) is 22.4 Å². The van der Waals surface area contributed by atoms with E-state index in [0.29, 0.717) is 12.8 Å². The Labute approximate surface area is 117 Å². The van der Waals surface area contributed by atoms with Crippen molar-refractivity contribution in [3.05, 3.63) is 0 Å². The van der Waals surface area contributed by atoms with Crippen LogP contribution in [0.3, 0.4) is 0 Å². The molecule has 0 fully saturated rings. The van der Waals surface area contributed by atoms with E-state index in [-0.39, 0.29) is 13.0 Å². The standard InChI is InChI=1S/C14H24F4O2/c1-3-5-7-8-10-13(15,14(16,17)18)12(19)20-11-9-6-4-2/h3-11H2,1-2H3. The van der Waals surface area contributed by atoms with Gasteiger partial charge in [-0.1, -0.05) is 46.0 Å². The SMILES string of the molecule is CCCCCCC(F)(C(=O)OCCCCC)C(F)(F)F. The Morgan fingerprint density at radius 3 is 1.95 bits per heavy atom. The monoisotopic (exact) mass is 300 g/mol. The molecule has 0 aromatic carbocycles. The molecule has 2 nitrogen and oxygen atoms in total. The number of esters is 1. The third-order valence-corrected chi connectivity index (χ3v) is 3.13. The zero-order valence-corrected chi connectivity index (χ0v) is 12.2. The first-order valence-electron chi connectivity index (χ1n) is 7.22. The fourth-order valence-electron chi connectivity index (χ4n) is 1.79. The van der Waals surface area contributed by atoms with Crippen LogP contribution >= 0.6 is 0 Å². The highest BCUT2D eigenvalue weighted by molar-refractivity contribution is 5.80. The van der Waals surface area contributed by atoms with Crippen molar-refractivity contribution in [2.24, 2.45) is 0 Å². The van der Waals surface area contributed by atoms with Crippen molar-refractivity contribution in [3.8, 4) is 0 Å². The van der Waals surface area contributed by atoms with Gasteiger partial charge in [-0.2, -0.15) is 13.2 Å². The third-order valence-electron chi connectivity index (χ3n) is 3.13. The molecule has 0 aliphatic rings. The molecule has 1 unspecified atom stereocenters. The van der Waals surface area contributed by atoms with Crippen LogP contribution in [0.2, 0.25) is 0 Å². The first kappa shape index (κ1) is 19.2. The molecule has 6 heteroatoms. The number of ether oxygens (including phenoxy) is 1. The molecule has 0 aliphatic carbocycles. The van der Waals surface area contributed by atoms with Crippen LogP contribution in [0.5, 0.6) is 0 Å². The molecule has 0 aliphatic heterocycles. The van der Waals surface area contributed by atoms with Crippen LogP contribution in [0.15, 0.2) is 0 Å². The molecule has 0 bridgehead atoms. The fraction of sp³-hybridized carbons (Fsp3) is 0.929. The predicted molar refractivity (Wildman–Crippen MR) is 69.1 cm³/mol. The smallest absolute Gasteiger partial charge is 0.433 e. The number of hydrogen-bond donors (Lipinski definition) is 0. The summed E-state index contributed by atoms with van der Waals surface area (Å²) in [5.74, 6) is -1.79. The molecule has 0 spiro atoms. The average Bonchev–Trinajstić information content (AvgIpc) is 2.38. The maximum absolute atomic E-state index is 14.0. The zero-order valence-electron chi connectivity index (χ0n) is 12.2. The molecule has 120 valence electrons. The van der Waals surface area contributed by atoms with Crippen molar-refractivity contribution in [1.82, 2.24) is 0 Å². The van der Waals surface area contributed by atoms with Gasteiger partial charge in [-0.05, 0) is 12.8 Å². The highest BCUT2D eigenvalue weighted by Gasteiger charge is 2.62. The lowest BCUT2D eigenvalue weighted by Gasteiger charge is -2.25. The van der Waals surface area contributed by atoms with Gasteiger partial charge in [0.05, 0.1) is 6.61 Å². The summed E-state index contributed by atoms with van der Waals surface area (Å²) in [5, 5.41) is 0. The lowest BCUT2D eigenvalue weighted by Crippen LogP contribution is -2.49. The second-order valence-electron chi connectivity index (χ2n) is 4.95. The minimum absolute atomic E-state index is 0.0217. The molecule has 0 aromatic heterocycles. The summed E-state index contributed by atoms with van der Waals surface area (Å²) in [6, 6.07) is 0. The first-order valence-corrected chi connectivity index (χ1v) is 7.22. The Morgan fingerprint density at radius 1 is 0.900 bits per heavy atom. The van der Waals surface area contributed by atoms with Crippen LogP contribution in [0.25, 0.3) is 0 Å². The van der Waals surface area contributed by atoms with E-state index in [1.54, 1.807) is 0 Å². The van der Waals surface area contributed by atoms with E-state index in [4.69, 9.17) is 0 Å². The Morgan fingerprint density at radius 2 is 1.45 bits per heavy atom. The molecule has 0 heterocycles. The Balaban J connectivity index is 4.48. The number of halogens is 4. The largest absolute Gasteiger partial charge is 0.463 e. The van der Waals surface area contributed by atoms with Gasteiger partial charge in [0, 0.05) is 6.42 Å². The highest BCUT2D eigenvalue weighted by Crippen LogP contribution is 2.39. The summed E-state index contributed by atoms with van der Waals surface area (Å²) in [7, 11) is 0. The minimum Gasteiger partial charge on any atom is -0.463 e. The summed E-state index contributed by atoms with van der Waals surface area (Å²) < 4.78 is 56.8. The minimum atomic E-state index is -5.22. The molecule has 0 aromatic rings. The molecule has 0 N–H and O–H groups in total. The molecular formula is C14H24F4O2. The summed E-state index contributed by atoms with van der Waals surface area (Å²) in [6.45, 7) is 3.64. The predicted octanol–water partition coefficient (Wildman–Crippen LogP) is 4.96. The number of carbonyl (C=O) groups is 1. The van der Waals surface area contributed by atoms with Crippen LogP contribution in [-0.2, 0) is 9.53 Å². The van der Waals surface area contributed by atoms with Crippen LogP contribution in [0.4, 0.5) is 17.6 Å². The van der Waals surface area contributed by atoms with Crippen molar-refractivity contribution in [1.29, 1.82) is 0 Å². The van der Waals surface area contributed by atoms with Gasteiger partial charge >= 0.3 is 17.8 Å². The van der Waals surface area contributed by atoms with E-state index in [2.05, 4.69) is 4.74 Å². The molecule has 0 radical (unpaired) electrons. The lowest BCUT2D eigenvalue weighted by molar-refractivity contribution is -0.241. The highest BCUT2D eigenvalue weighted by atomic mass is 19.4. The second-order valence-corrected chi connectivity index (χ2v) is 4.95. The zero-order chi connectivity index (χ0) is 15.6. The van der Waals surface area contributed by atoms with Gasteiger partial charge in [0.2, 0.25) is 0 Å². The van der Waals surface area contributed by atoms with Crippen LogP contribution < -0.4 is 0 Å². The van der Waals surface area contributed by atoms with Gasteiger partial charge in [-0.25, -0.2) is 9.18 Å². The fourth-order valence-corrected chi connectivity index (χ4v) is 1.79. The lowest BCUT2D eigenvalue weighted by atomic mass is 9.97. The Bertz CT molecular complexity index is 279. The third kappa shape index (κ3) is 6.09. The van der Waals surface area contributed by atoms with Crippen molar-refractivity contribution in [2.45, 2.75) is 77.1 Å². The quantitative estimate of drug-likeness (QED) is 0.324. The second kappa shape index (κ2) is 9.19. The van der Waals surface area contributed by atoms with Crippen molar-refractivity contribution >= 4 is 5.97 Å². The van der Waals surface area contributed by atoms with Gasteiger partial charge in [-0.3, -0.25) is 0 Å². The van der Waals surface area contributed by atoms with Gasteiger partial charge in [0.15, 0.2) is 0 Å². The van der Waals surface area contributed by atoms with Gasteiger partial charge in [0.25, 0.3) is 0 Å². The van der Waals surface area contributed by atoms with Gasteiger partial charge in [-0.15, -0.1) is 0 Å². The molecule has 0 rings (SSSR count). The number of rotatable bonds is 10. The number of carbonyl (C=O) groups excluding carboxylic acids is 1. The summed E-state index contributed by atoms with van der Waals surface area (Å²) >= 11 is 0. The van der Waals surface area contributed by atoms with E-state index >= 15 is 0 Å². The summed E-state index contributed by atoms with van der Waals surface area (Å²) in [5.41, 5.74) is -3.87. The Kier molecular flexibility index (Phi) is 8.81. The topological polar surface area (TPSA) is 26.3 Å². The summed E-state index contributed by atoms with van der Waals surface area (Å²) in [4.78, 5) is 11.4.